The Morgan fingerprint density at radius 2 is 1.86 bits per heavy atom. The fraction of sp³-hybridized carbons (Fsp3) is 0.308. The van der Waals surface area contributed by atoms with Gasteiger partial charge in [-0.3, -0.25) is 9.78 Å². The second kappa shape index (κ2) is 11.3. The molecule has 10 heteroatoms. The topological polar surface area (TPSA) is 102 Å². The molecule has 9 nitrogen and oxygen atoms in total. The number of amides is 1. The number of aliphatic imine (C=N–C) groups is 1. The first-order valence-corrected chi connectivity index (χ1v) is 12.3. The van der Waals surface area contributed by atoms with Crippen LogP contribution < -0.4 is 14.8 Å². The Hall–Kier alpha value is -3.79. The molecule has 2 aromatic rings. The van der Waals surface area contributed by atoms with Crippen molar-refractivity contribution in [3.05, 3.63) is 76.2 Å². The number of amidine groups is 1. The van der Waals surface area contributed by atoms with Crippen LogP contribution in [0, 0.1) is 0 Å². The third-order valence-corrected chi connectivity index (χ3v) is 6.69. The van der Waals surface area contributed by atoms with Gasteiger partial charge >= 0.3 is 5.97 Å². The van der Waals surface area contributed by atoms with Crippen LogP contribution in [0.1, 0.15) is 37.4 Å². The van der Waals surface area contributed by atoms with E-state index in [4.69, 9.17) is 14.2 Å². The smallest absolute Gasteiger partial charge is 0.338 e. The van der Waals surface area contributed by atoms with Crippen LogP contribution in [0.15, 0.2) is 70.1 Å². The van der Waals surface area contributed by atoms with Crippen molar-refractivity contribution < 1.29 is 23.8 Å². The highest BCUT2D eigenvalue weighted by molar-refractivity contribution is 8.16. The average Bonchev–Trinajstić information content (AvgIpc) is 3.28. The lowest BCUT2D eigenvalue weighted by Gasteiger charge is -2.36. The van der Waals surface area contributed by atoms with Gasteiger partial charge in [-0.05, 0) is 54.6 Å². The molecule has 4 rings (SSSR count). The van der Waals surface area contributed by atoms with Crippen molar-refractivity contribution in [2.45, 2.75) is 32.9 Å². The minimum atomic E-state index is -0.550. The van der Waals surface area contributed by atoms with Gasteiger partial charge in [0, 0.05) is 24.6 Å². The molecule has 1 aromatic heterocycles. The zero-order valence-corrected chi connectivity index (χ0v) is 21.4. The zero-order chi connectivity index (χ0) is 25.7. The van der Waals surface area contributed by atoms with Crippen LogP contribution in [-0.2, 0) is 20.9 Å². The van der Waals surface area contributed by atoms with Gasteiger partial charge in [-0.25, -0.2) is 9.79 Å². The van der Waals surface area contributed by atoms with Crippen molar-refractivity contribution in [2.75, 3.05) is 20.8 Å². The summed E-state index contributed by atoms with van der Waals surface area (Å²) in [6.07, 6.45) is 3.50. The fourth-order valence-electron chi connectivity index (χ4n) is 4.11. The molecule has 0 spiro atoms. The SMILES string of the molecule is CCOC(=O)C1=C(C)N=C2SC=C(CC(=O)NCc3ccncc3)N2C1c1ccc(OC)c(OC)c1. The lowest BCUT2D eigenvalue weighted by atomic mass is 9.93. The number of carbonyl (C=O) groups excluding carboxylic acids is 2. The van der Waals surface area contributed by atoms with Crippen molar-refractivity contribution >= 4 is 28.8 Å². The Balaban J connectivity index is 1.66. The van der Waals surface area contributed by atoms with Crippen molar-refractivity contribution in [3.63, 3.8) is 0 Å². The molecule has 0 saturated carbocycles. The number of hydrogen-bond acceptors (Lipinski definition) is 9. The first kappa shape index (κ1) is 25.3. The minimum Gasteiger partial charge on any atom is -0.493 e. The molecule has 0 saturated heterocycles. The summed E-state index contributed by atoms with van der Waals surface area (Å²) in [5, 5.41) is 5.54. The van der Waals surface area contributed by atoms with Crippen LogP contribution in [0.5, 0.6) is 11.5 Å². The highest BCUT2D eigenvalue weighted by atomic mass is 32.2. The van der Waals surface area contributed by atoms with Gasteiger partial charge in [0.1, 0.15) is 0 Å². The van der Waals surface area contributed by atoms with E-state index in [1.165, 1.54) is 11.8 Å². The Kier molecular flexibility index (Phi) is 7.94. The van der Waals surface area contributed by atoms with E-state index in [9.17, 15) is 9.59 Å². The number of fused-ring (bicyclic) bond motifs is 1. The minimum absolute atomic E-state index is 0.121. The first-order chi connectivity index (χ1) is 17.5. The number of nitrogens with one attached hydrogen (secondary N) is 1. The molecule has 1 atom stereocenters. The molecule has 1 amide bonds. The van der Waals surface area contributed by atoms with E-state index in [2.05, 4.69) is 15.3 Å². The van der Waals surface area contributed by atoms with Crippen molar-refractivity contribution in [1.82, 2.24) is 15.2 Å². The maximum atomic E-state index is 13.1. The Bertz CT molecular complexity index is 1240. The summed E-state index contributed by atoms with van der Waals surface area (Å²) in [6, 6.07) is 8.67. The lowest BCUT2D eigenvalue weighted by molar-refractivity contribution is -0.139. The van der Waals surface area contributed by atoms with Crippen LogP contribution in [0.3, 0.4) is 0 Å². The summed E-state index contributed by atoms with van der Waals surface area (Å²) >= 11 is 1.42. The fourth-order valence-corrected chi connectivity index (χ4v) is 5.07. The Morgan fingerprint density at radius 3 is 2.56 bits per heavy atom. The number of methoxy groups -OCH3 is 2. The zero-order valence-electron chi connectivity index (χ0n) is 20.6. The molecule has 1 N–H and O–H groups in total. The monoisotopic (exact) mass is 508 g/mol. The third kappa shape index (κ3) is 5.23. The second-order valence-electron chi connectivity index (χ2n) is 8.04. The van der Waals surface area contributed by atoms with E-state index >= 15 is 0 Å². The molecule has 3 heterocycles. The van der Waals surface area contributed by atoms with E-state index in [1.807, 2.05) is 34.6 Å². The summed E-state index contributed by atoms with van der Waals surface area (Å²) in [5.41, 5.74) is 3.47. The van der Waals surface area contributed by atoms with Gasteiger partial charge in [0.05, 0.1) is 44.6 Å². The summed E-state index contributed by atoms with van der Waals surface area (Å²) in [6.45, 7) is 4.19. The van der Waals surface area contributed by atoms with E-state index in [0.29, 0.717) is 34.5 Å². The van der Waals surface area contributed by atoms with Crippen molar-refractivity contribution in [3.8, 4) is 11.5 Å². The van der Waals surface area contributed by atoms with E-state index in [0.717, 1.165) is 16.8 Å². The van der Waals surface area contributed by atoms with Gasteiger partial charge in [-0.1, -0.05) is 17.8 Å². The summed E-state index contributed by atoms with van der Waals surface area (Å²) in [5.74, 6) is 0.518. The molecule has 2 aliphatic rings. The molecule has 1 unspecified atom stereocenters. The van der Waals surface area contributed by atoms with Crippen LogP contribution in [0.2, 0.25) is 0 Å². The van der Waals surface area contributed by atoms with E-state index < -0.39 is 12.0 Å². The quantitative estimate of drug-likeness (QED) is 0.508. The van der Waals surface area contributed by atoms with E-state index in [-0.39, 0.29) is 18.9 Å². The highest BCUT2D eigenvalue weighted by Crippen LogP contribution is 2.46. The van der Waals surface area contributed by atoms with Gasteiger partial charge in [0.25, 0.3) is 0 Å². The second-order valence-corrected chi connectivity index (χ2v) is 8.87. The molecule has 1 aromatic carbocycles. The van der Waals surface area contributed by atoms with Gasteiger partial charge < -0.3 is 24.4 Å². The first-order valence-electron chi connectivity index (χ1n) is 11.5. The predicted octanol–water partition coefficient (Wildman–Crippen LogP) is 3.94. The van der Waals surface area contributed by atoms with Gasteiger partial charge in [0.15, 0.2) is 16.7 Å². The molecule has 0 fully saturated rings. The third-order valence-electron chi connectivity index (χ3n) is 5.80. The maximum absolute atomic E-state index is 13.1. The standard InChI is InChI=1S/C26H28N4O5S/c1-5-35-25(32)23-16(2)29-26-30(24(23)18-6-7-20(33-3)21(12-18)34-4)19(15-36-26)13-22(31)28-14-17-8-10-27-11-9-17/h6-12,15,24H,5,13-14H2,1-4H3,(H,28,31). The summed E-state index contributed by atoms with van der Waals surface area (Å²) in [4.78, 5) is 36.6. The molecule has 2 aliphatic heterocycles. The number of hydrogen-bond donors (Lipinski definition) is 1. The molecule has 188 valence electrons. The van der Waals surface area contributed by atoms with Gasteiger partial charge in [-0.15, -0.1) is 0 Å². The maximum Gasteiger partial charge on any atom is 0.338 e. The molecule has 36 heavy (non-hydrogen) atoms. The summed E-state index contributed by atoms with van der Waals surface area (Å²) < 4.78 is 16.3. The number of nitrogens with zero attached hydrogens (tertiary/aromatic N) is 3. The largest absolute Gasteiger partial charge is 0.493 e. The highest BCUT2D eigenvalue weighted by Gasteiger charge is 2.41. The summed E-state index contributed by atoms with van der Waals surface area (Å²) in [7, 11) is 3.13. The van der Waals surface area contributed by atoms with Crippen molar-refractivity contribution in [2.24, 2.45) is 4.99 Å². The number of ether oxygens (including phenoxy) is 3. The van der Waals surface area contributed by atoms with Crippen LogP contribution in [-0.4, -0.2) is 47.8 Å². The number of aromatic nitrogens is 1. The van der Waals surface area contributed by atoms with Gasteiger partial charge in [0.2, 0.25) is 5.91 Å². The van der Waals surface area contributed by atoms with Crippen molar-refractivity contribution in [1.29, 1.82) is 0 Å². The van der Waals surface area contributed by atoms with Gasteiger partial charge in [-0.2, -0.15) is 0 Å². The number of esters is 1. The number of pyridine rings is 1. The molecule has 0 bridgehead atoms. The Morgan fingerprint density at radius 1 is 1.11 bits per heavy atom. The van der Waals surface area contributed by atoms with Crippen LogP contribution in [0.25, 0.3) is 0 Å². The number of rotatable bonds is 9. The van der Waals surface area contributed by atoms with E-state index in [1.54, 1.807) is 46.5 Å². The molecule has 0 aliphatic carbocycles. The normalized spacial score (nSPS) is 16.7. The molecular formula is C26H28N4O5S. The van der Waals surface area contributed by atoms with Crippen LogP contribution in [0.4, 0.5) is 0 Å². The molecule has 0 radical (unpaired) electrons. The number of benzene rings is 1. The molecular weight excluding hydrogens is 480 g/mol. The number of carbonyl (C=O) groups is 2. The lowest BCUT2D eigenvalue weighted by Crippen LogP contribution is -2.38. The number of thioether (sulfide) groups is 1. The average molecular weight is 509 g/mol. The predicted molar refractivity (Wildman–Crippen MR) is 137 cm³/mol. The Labute approximate surface area is 214 Å². The number of allylic oxidation sites excluding steroid dienone is 1. The van der Waals surface area contributed by atoms with Crippen LogP contribution >= 0.6 is 11.8 Å².